The Bertz CT molecular complexity index is 369. The van der Waals surface area contributed by atoms with E-state index in [1.807, 2.05) is 6.07 Å². The van der Waals surface area contributed by atoms with Gasteiger partial charge in [-0.1, -0.05) is 0 Å². The number of carbonyl (C=O) groups excluding carboxylic acids is 1. The minimum absolute atomic E-state index is 0.130. The zero-order valence-electron chi connectivity index (χ0n) is 7.59. The van der Waals surface area contributed by atoms with E-state index in [-0.39, 0.29) is 5.78 Å². The van der Waals surface area contributed by atoms with Gasteiger partial charge in [-0.25, -0.2) is 0 Å². The lowest BCUT2D eigenvalue weighted by Crippen LogP contribution is -2.20. The van der Waals surface area contributed by atoms with Gasteiger partial charge < -0.3 is 9.47 Å². The van der Waals surface area contributed by atoms with Crippen molar-refractivity contribution in [3.8, 4) is 11.5 Å². The van der Waals surface area contributed by atoms with E-state index in [4.69, 9.17) is 9.47 Å². The molecule has 1 aromatic rings. The summed E-state index contributed by atoms with van der Waals surface area (Å²) in [5.74, 6) is 1.55. The highest BCUT2D eigenvalue weighted by Gasteiger charge is 2.30. The van der Waals surface area contributed by atoms with E-state index in [9.17, 15) is 4.79 Å². The van der Waals surface area contributed by atoms with Gasteiger partial charge in [0, 0.05) is 12.0 Å². The van der Waals surface area contributed by atoms with Gasteiger partial charge in [-0.15, -0.1) is 0 Å². The van der Waals surface area contributed by atoms with Gasteiger partial charge in [0.1, 0.15) is 11.5 Å². The average molecular weight is 178 g/mol. The third kappa shape index (κ3) is 1.00. The molecular weight excluding hydrogens is 168 g/mol. The summed E-state index contributed by atoms with van der Waals surface area (Å²) in [4.78, 5) is 11.2. The molecule has 1 aromatic carbocycles. The summed E-state index contributed by atoms with van der Waals surface area (Å²) >= 11 is 0. The highest BCUT2D eigenvalue weighted by Crippen LogP contribution is 2.38. The highest BCUT2D eigenvalue weighted by atomic mass is 16.5. The maximum atomic E-state index is 11.2. The van der Waals surface area contributed by atoms with Crippen molar-refractivity contribution in [2.45, 2.75) is 6.42 Å². The Hall–Kier alpha value is -1.51. The lowest BCUT2D eigenvalue weighted by Gasteiger charge is -2.22. The number of hydrogen-bond donors (Lipinski definition) is 0. The monoisotopic (exact) mass is 178 g/mol. The summed E-state index contributed by atoms with van der Waals surface area (Å²) in [6, 6.07) is 3.58. The summed E-state index contributed by atoms with van der Waals surface area (Å²) in [6.45, 7) is 0. The Morgan fingerprint density at radius 1 is 1.15 bits per heavy atom. The van der Waals surface area contributed by atoms with Crippen molar-refractivity contribution < 1.29 is 14.3 Å². The van der Waals surface area contributed by atoms with Crippen molar-refractivity contribution >= 4 is 5.78 Å². The first kappa shape index (κ1) is 8.10. The van der Waals surface area contributed by atoms with E-state index in [1.54, 1.807) is 20.3 Å². The van der Waals surface area contributed by atoms with E-state index in [2.05, 4.69) is 0 Å². The molecule has 68 valence electrons. The second-order valence-electron chi connectivity index (χ2n) is 2.92. The molecular formula is C10H10O3. The molecule has 1 aliphatic rings. The van der Waals surface area contributed by atoms with Crippen LogP contribution in [0.3, 0.4) is 0 Å². The number of rotatable bonds is 2. The van der Waals surface area contributed by atoms with Gasteiger partial charge in [0.15, 0.2) is 5.78 Å². The van der Waals surface area contributed by atoms with Crippen molar-refractivity contribution in [1.82, 2.24) is 0 Å². The van der Waals surface area contributed by atoms with Gasteiger partial charge >= 0.3 is 0 Å². The summed E-state index contributed by atoms with van der Waals surface area (Å²) in [6.07, 6.45) is 0.468. The number of fused-ring (bicyclic) bond motifs is 1. The quantitative estimate of drug-likeness (QED) is 0.687. The molecule has 0 spiro atoms. The highest BCUT2D eigenvalue weighted by molar-refractivity contribution is 6.09. The van der Waals surface area contributed by atoms with Crippen LogP contribution in [-0.2, 0) is 6.42 Å². The smallest absolute Gasteiger partial charge is 0.171 e. The molecule has 0 radical (unpaired) electrons. The first-order valence-electron chi connectivity index (χ1n) is 4.05. The summed E-state index contributed by atoms with van der Waals surface area (Å²) < 4.78 is 10.2. The van der Waals surface area contributed by atoms with Crippen LogP contribution in [0.2, 0.25) is 0 Å². The Kier molecular flexibility index (Phi) is 1.72. The number of benzene rings is 1. The fourth-order valence-electron chi connectivity index (χ4n) is 1.59. The van der Waals surface area contributed by atoms with Crippen LogP contribution < -0.4 is 9.47 Å². The van der Waals surface area contributed by atoms with E-state index < -0.39 is 0 Å². The molecule has 13 heavy (non-hydrogen) atoms. The third-order valence-electron chi connectivity index (χ3n) is 2.29. The van der Waals surface area contributed by atoms with Gasteiger partial charge in [0.2, 0.25) is 0 Å². The molecule has 0 saturated carbocycles. The average Bonchev–Trinajstić information content (AvgIpc) is 2.15. The van der Waals surface area contributed by atoms with Crippen molar-refractivity contribution in [1.29, 1.82) is 0 Å². The van der Waals surface area contributed by atoms with Crippen molar-refractivity contribution in [2.24, 2.45) is 0 Å². The number of ether oxygens (including phenoxy) is 2. The molecule has 0 amide bonds. The topological polar surface area (TPSA) is 35.5 Å². The van der Waals surface area contributed by atoms with E-state index in [0.717, 1.165) is 11.3 Å². The maximum Gasteiger partial charge on any atom is 0.171 e. The van der Waals surface area contributed by atoms with Crippen LogP contribution in [-0.4, -0.2) is 20.0 Å². The Balaban J connectivity index is 2.57. The van der Waals surface area contributed by atoms with Gasteiger partial charge in [0.25, 0.3) is 0 Å². The predicted molar refractivity (Wildman–Crippen MR) is 47.6 cm³/mol. The van der Waals surface area contributed by atoms with E-state index in [1.165, 1.54) is 0 Å². The van der Waals surface area contributed by atoms with Crippen LogP contribution in [0.15, 0.2) is 12.1 Å². The standard InChI is InChI=1S/C10H10O3/c1-12-8-3-4-9(13-2)10-6(8)5-7(10)11/h3-4H,5H2,1-2H3. The predicted octanol–water partition coefficient (Wildman–Crippen LogP) is 1.44. The molecule has 0 aromatic heterocycles. The number of ketones is 1. The molecule has 0 fully saturated rings. The number of hydrogen-bond acceptors (Lipinski definition) is 3. The number of carbonyl (C=O) groups is 1. The number of methoxy groups -OCH3 is 2. The molecule has 2 rings (SSSR count). The fourth-order valence-corrected chi connectivity index (χ4v) is 1.59. The van der Waals surface area contributed by atoms with Crippen LogP contribution >= 0.6 is 0 Å². The van der Waals surface area contributed by atoms with Crippen molar-refractivity contribution in [2.75, 3.05) is 14.2 Å². The van der Waals surface area contributed by atoms with Crippen LogP contribution in [0.25, 0.3) is 0 Å². The molecule has 0 aliphatic heterocycles. The lowest BCUT2D eigenvalue weighted by molar-refractivity contribution is 0.0961. The van der Waals surface area contributed by atoms with Crippen LogP contribution in [0.1, 0.15) is 15.9 Å². The molecule has 1 aliphatic carbocycles. The largest absolute Gasteiger partial charge is 0.496 e. The molecule has 0 saturated heterocycles. The zero-order valence-corrected chi connectivity index (χ0v) is 7.59. The Labute approximate surface area is 76.3 Å². The summed E-state index contributed by atoms with van der Waals surface area (Å²) in [7, 11) is 3.17. The molecule has 0 bridgehead atoms. The Morgan fingerprint density at radius 2 is 1.77 bits per heavy atom. The SMILES string of the molecule is COc1ccc(OC)c2c1CC2=O. The van der Waals surface area contributed by atoms with Crippen LogP contribution in [0.5, 0.6) is 11.5 Å². The first-order valence-corrected chi connectivity index (χ1v) is 4.05. The summed E-state index contributed by atoms with van der Waals surface area (Å²) in [5.41, 5.74) is 1.65. The van der Waals surface area contributed by atoms with Crippen molar-refractivity contribution in [3.05, 3.63) is 23.3 Å². The zero-order chi connectivity index (χ0) is 9.42. The fraction of sp³-hybridized carbons (Fsp3) is 0.300. The van der Waals surface area contributed by atoms with Gasteiger partial charge in [-0.05, 0) is 12.1 Å². The second kappa shape index (κ2) is 2.76. The lowest BCUT2D eigenvalue weighted by atomic mass is 9.85. The second-order valence-corrected chi connectivity index (χ2v) is 2.92. The minimum atomic E-state index is 0.130. The van der Waals surface area contributed by atoms with Crippen LogP contribution in [0.4, 0.5) is 0 Å². The van der Waals surface area contributed by atoms with Gasteiger partial charge in [0.05, 0.1) is 19.8 Å². The van der Waals surface area contributed by atoms with Crippen LogP contribution in [0, 0.1) is 0 Å². The molecule has 0 unspecified atom stereocenters. The normalized spacial score (nSPS) is 13.2. The van der Waals surface area contributed by atoms with Crippen molar-refractivity contribution in [3.63, 3.8) is 0 Å². The van der Waals surface area contributed by atoms with Gasteiger partial charge in [-0.3, -0.25) is 4.79 Å². The third-order valence-corrected chi connectivity index (χ3v) is 2.29. The summed E-state index contributed by atoms with van der Waals surface area (Å²) in [5, 5.41) is 0. The molecule has 3 nitrogen and oxygen atoms in total. The molecule has 0 N–H and O–H groups in total. The first-order chi connectivity index (χ1) is 6.27. The maximum absolute atomic E-state index is 11.2. The molecule has 0 heterocycles. The van der Waals surface area contributed by atoms with E-state index in [0.29, 0.717) is 17.7 Å². The molecule has 3 heteroatoms. The van der Waals surface area contributed by atoms with E-state index >= 15 is 0 Å². The Morgan fingerprint density at radius 3 is 2.31 bits per heavy atom. The minimum Gasteiger partial charge on any atom is -0.496 e. The molecule has 0 atom stereocenters. The van der Waals surface area contributed by atoms with Gasteiger partial charge in [-0.2, -0.15) is 0 Å². The number of Topliss-reactive ketones (excluding diaryl/α,β-unsaturated/α-hetero) is 1.